The first-order valence-corrected chi connectivity index (χ1v) is 5.86. The molecule has 1 rings (SSSR count). The highest BCUT2D eigenvalue weighted by atomic mass is 16.3. The Morgan fingerprint density at radius 1 is 1.33 bits per heavy atom. The van der Waals surface area contributed by atoms with Crippen LogP contribution in [0.1, 0.15) is 50.3 Å². The number of aryl methyl sites for hydroxylation is 2. The van der Waals surface area contributed by atoms with Gasteiger partial charge < -0.3 is 9.73 Å². The van der Waals surface area contributed by atoms with Crippen molar-refractivity contribution in [2.45, 2.75) is 47.1 Å². The Balaban J connectivity index is 2.83. The molecule has 0 aliphatic heterocycles. The molecule has 86 valence electrons. The molecule has 1 aromatic heterocycles. The molecule has 1 atom stereocenters. The van der Waals surface area contributed by atoms with Crippen LogP contribution < -0.4 is 5.32 Å². The number of rotatable bonds is 5. The second kappa shape index (κ2) is 5.36. The molecule has 0 saturated heterocycles. The largest absolute Gasteiger partial charge is 0.466 e. The molecular weight excluding hydrogens is 186 g/mol. The molecule has 15 heavy (non-hydrogen) atoms. The molecule has 0 spiro atoms. The van der Waals surface area contributed by atoms with E-state index in [1.54, 1.807) is 0 Å². The first-order chi connectivity index (χ1) is 7.06. The van der Waals surface area contributed by atoms with E-state index in [-0.39, 0.29) is 0 Å². The second-order valence-electron chi connectivity index (χ2n) is 4.54. The van der Waals surface area contributed by atoms with Gasteiger partial charge >= 0.3 is 0 Å². The smallest absolute Gasteiger partial charge is 0.105 e. The van der Waals surface area contributed by atoms with Crippen LogP contribution in [0, 0.1) is 19.8 Å². The van der Waals surface area contributed by atoms with Gasteiger partial charge in [0.05, 0.1) is 0 Å². The average molecular weight is 209 g/mol. The van der Waals surface area contributed by atoms with E-state index in [1.807, 2.05) is 13.8 Å². The molecule has 0 aromatic carbocycles. The summed E-state index contributed by atoms with van der Waals surface area (Å²) in [6.07, 6.45) is 1.17. The monoisotopic (exact) mass is 209 g/mol. The van der Waals surface area contributed by atoms with Gasteiger partial charge in [-0.25, -0.2) is 0 Å². The number of furan rings is 1. The molecule has 1 N–H and O–H groups in total. The van der Waals surface area contributed by atoms with Crippen molar-refractivity contribution >= 4 is 0 Å². The van der Waals surface area contributed by atoms with E-state index in [4.69, 9.17) is 4.42 Å². The quantitative estimate of drug-likeness (QED) is 0.801. The minimum absolute atomic E-state index is 0.419. The zero-order valence-electron chi connectivity index (χ0n) is 10.6. The highest BCUT2D eigenvalue weighted by molar-refractivity contribution is 5.24. The predicted octanol–water partition coefficient (Wildman–Crippen LogP) is 3.59. The molecule has 2 nitrogen and oxygen atoms in total. The zero-order valence-corrected chi connectivity index (χ0v) is 10.6. The van der Waals surface area contributed by atoms with Crippen LogP contribution in [0.5, 0.6) is 0 Å². The van der Waals surface area contributed by atoms with Crippen LogP contribution in [-0.4, -0.2) is 6.54 Å². The van der Waals surface area contributed by atoms with Gasteiger partial charge in [-0.05, 0) is 38.8 Å². The summed E-state index contributed by atoms with van der Waals surface area (Å²) in [5.41, 5.74) is 1.32. The van der Waals surface area contributed by atoms with E-state index in [2.05, 4.69) is 32.2 Å². The molecule has 0 fully saturated rings. The number of nitrogens with one attached hydrogen (secondary N) is 1. The fourth-order valence-corrected chi connectivity index (χ4v) is 1.96. The number of hydrogen-bond acceptors (Lipinski definition) is 2. The van der Waals surface area contributed by atoms with Crippen molar-refractivity contribution in [2.75, 3.05) is 6.54 Å². The van der Waals surface area contributed by atoms with Crippen LogP contribution in [0.15, 0.2) is 10.5 Å². The Bertz CT molecular complexity index is 301. The van der Waals surface area contributed by atoms with Gasteiger partial charge in [-0.3, -0.25) is 0 Å². The molecule has 0 radical (unpaired) electrons. The van der Waals surface area contributed by atoms with Crippen molar-refractivity contribution in [3.63, 3.8) is 0 Å². The van der Waals surface area contributed by atoms with Gasteiger partial charge in [-0.15, -0.1) is 0 Å². The fraction of sp³-hybridized carbons (Fsp3) is 0.692. The van der Waals surface area contributed by atoms with Gasteiger partial charge in [0.25, 0.3) is 0 Å². The normalized spacial score (nSPS) is 13.5. The molecule has 0 aliphatic rings. The molecule has 2 heteroatoms. The van der Waals surface area contributed by atoms with E-state index in [0.717, 1.165) is 18.1 Å². The van der Waals surface area contributed by atoms with E-state index in [0.29, 0.717) is 12.0 Å². The first kappa shape index (κ1) is 12.3. The molecule has 0 aliphatic carbocycles. The van der Waals surface area contributed by atoms with Crippen molar-refractivity contribution in [2.24, 2.45) is 5.92 Å². The molecular formula is C13H23NO. The lowest BCUT2D eigenvalue weighted by molar-refractivity contribution is 0.403. The third-order valence-electron chi connectivity index (χ3n) is 2.70. The third kappa shape index (κ3) is 3.10. The number of hydrogen-bond donors (Lipinski definition) is 1. The summed E-state index contributed by atoms with van der Waals surface area (Å²) in [5.74, 6) is 2.65. The summed E-state index contributed by atoms with van der Waals surface area (Å²) in [6.45, 7) is 11.8. The standard InChI is InChI=1S/C13H23NO/c1-6-7-14-13(9(2)3)12-8-10(4)15-11(12)5/h8-9,13-14H,6-7H2,1-5H3. The van der Waals surface area contributed by atoms with Gasteiger partial charge in [0.1, 0.15) is 11.5 Å². The molecule has 0 amide bonds. The van der Waals surface area contributed by atoms with Crippen LogP contribution in [0.3, 0.4) is 0 Å². The Kier molecular flexibility index (Phi) is 4.40. The zero-order chi connectivity index (χ0) is 11.4. The summed E-state index contributed by atoms with van der Waals surface area (Å²) in [7, 11) is 0. The molecule has 1 unspecified atom stereocenters. The van der Waals surface area contributed by atoms with Crippen LogP contribution in [0.25, 0.3) is 0 Å². The van der Waals surface area contributed by atoms with Gasteiger partial charge in [0.15, 0.2) is 0 Å². The van der Waals surface area contributed by atoms with Crippen molar-refractivity contribution in [1.29, 1.82) is 0 Å². The van der Waals surface area contributed by atoms with E-state index in [9.17, 15) is 0 Å². The van der Waals surface area contributed by atoms with Crippen molar-refractivity contribution in [3.05, 3.63) is 23.2 Å². The van der Waals surface area contributed by atoms with Crippen LogP contribution in [-0.2, 0) is 0 Å². The van der Waals surface area contributed by atoms with E-state index >= 15 is 0 Å². The molecule has 1 heterocycles. The third-order valence-corrected chi connectivity index (χ3v) is 2.70. The minimum atomic E-state index is 0.419. The van der Waals surface area contributed by atoms with Crippen LogP contribution >= 0.6 is 0 Å². The van der Waals surface area contributed by atoms with Crippen molar-refractivity contribution in [3.8, 4) is 0 Å². The Labute approximate surface area is 93.1 Å². The molecule has 0 saturated carbocycles. The Hall–Kier alpha value is -0.760. The lowest BCUT2D eigenvalue weighted by atomic mass is 9.96. The lowest BCUT2D eigenvalue weighted by Crippen LogP contribution is -2.26. The van der Waals surface area contributed by atoms with Crippen LogP contribution in [0.2, 0.25) is 0 Å². The molecule has 0 bridgehead atoms. The summed E-state index contributed by atoms with van der Waals surface area (Å²) >= 11 is 0. The summed E-state index contributed by atoms with van der Waals surface area (Å²) in [4.78, 5) is 0. The SMILES string of the molecule is CCCNC(c1cc(C)oc1C)C(C)C. The van der Waals surface area contributed by atoms with Gasteiger partial charge in [0, 0.05) is 11.6 Å². The highest BCUT2D eigenvalue weighted by Crippen LogP contribution is 2.27. The van der Waals surface area contributed by atoms with Gasteiger partial charge in [-0.2, -0.15) is 0 Å². The topological polar surface area (TPSA) is 25.2 Å². The lowest BCUT2D eigenvalue weighted by Gasteiger charge is -2.21. The Morgan fingerprint density at radius 3 is 2.40 bits per heavy atom. The molecule has 1 aromatic rings. The average Bonchev–Trinajstić information content (AvgIpc) is 2.46. The van der Waals surface area contributed by atoms with Gasteiger partial charge in [0.2, 0.25) is 0 Å². The Morgan fingerprint density at radius 2 is 2.00 bits per heavy atom. The predicted molar refractivity (Wildman–Crippen MR) is 64.1 cm³/mol. The second-order valence-corrected chi connectivity index (χ2v) is 4.54. The minimum Gasteiger partial charge on any atom is -0.466 e. The van der Waals surface area contributed by atoms with Crippen molar-refractivity contribution in [1.82, 2.24) is 5.32 Å². The van der Waals surface area contributed by atoms with Gasteiger partial charge in [-0.1, -0.05) is 20.8 Å². The summed E-state index contributed by atoms with van der Waals surface area (Å²) in [5, 5.41) is 3.58. The summed E-state index contributed by atoms with van der Waals surface area (Å²) in [6, 6.07) is 2.57. The fourth-order valence-electron chi connectivity index (χ4n) is 1.96. The van der Waals surface area contributed by atoms with Crippen LogP contribution in [0.4, 0.5) is 0 Å². The maximum absolute atomic E-state index is 5.59. The maximum atomic E-state index is 5.59. The maximum Gasteiger partial charge on any atom is 0.105 e. The van der Waals surface area contributed by atoms with Crippen molar-refractivity contribution < 1.29 is 4.42 Å². The first-order valence-electron chi connectivity index (χ1n) is 5.86. The summed E-state index contributed by atoms with van der Waals surface area (Å²) < 4.78 is 5.59. The highest BCUT2D eigenvalue weighted by Gasteiger charge is 2.19. The van der Waals surface area contributed by atoms with E-state index in [1.165, 1.54) is 12.0 Å². The van der Waals surface area contributed by atoms with E-state index < -0.39 is 0 Å².